The number of aromatic nitrogens is 1. The standard InChI is InChI=1S/C16H12N2O/c19-18-16(13-8-10-17-11-9-13)15-7-3-5-12-4-1-2-6-14(12)15/h1-11,19H. The summed E-state index contributed by atoms with van der Waals surface area (Å²) in [7, 11) is 0. The number of pyridine rings is 1. The molecule has 0 aliphatic carbocycles. The van der Waals surface area contributed by atoms with Crippen molar-refractivity contribution in [2.45, 2.75) is 0 Å². The molecular formula is C16H12N2O. The molecule has 3 nitrogen and oxygen atoms in total. The summed E-state index contributed by atoms with van der Waals surface area (Å²) in [5.74, 6) is 0. The second kappa shape index (κ2) is 4.90. The van der Waals surface area contributed by atoms with E-state index in [1.807, 2.05) is 54.6 Å². The Morgan fingerprint density at radius 2 is 1.63 bits per heavy atom. The van der Waals surface area contributed by atoms with Crippen molar-refractivity contribution in [3.8, 4) is 0 Å². The molecule has 3 rings (SSSR count). The zero-order valence-corrected chi connectivity index (χ0v) is 10.2. The number of nitrogens with zero attached hydrogens (tertiary/aromatic N) is 2. The summed E-state index contributed by atoms with van der Waals surface area (Å²) in [6, 6.07) is 17.7. The van der Waals surface area contributed by atoms with E-state index in [-0.39, 0.29) is 0 Å². The second-order valence-corrected chi connectivity index (χ2v) is 4.21. The first-order valence-corrected chi connectivity index (χ1v) is 6.01. The Morgan fingerprint density at radius 3 is 2.42 bits per heavy atom. The molecule has 0 radical (unpaired) electrons. The number of rotatable bonds is 2. The molecule has 0 spiro atoms. The predicted molar refractivity (Wildman–Crippen MR) is 75.6 cm³/mol. The molecule has 0 saturated carbocycles. The highest BCUT2D eigenvalue weighted by molar-refractivity contribution is 6.19. The summed E-state index contributed by atoms with van der Waals surface area (Å²) < 4.78 is 0. The Kier molecular flexibility index (Phi) is 2.94. The summed E-state index contributed by atoms with van der Waals surface area (Å²) in [5, 5.41) is 15.0. The average Bonchev–Trinajstić information content (AvgIpc) is 2.49. The van der Waals surface area contributed by atoms with Crippen LogP contribution in [0.15, 0.2) is 72.1 Å². The van der Waals surface area contributed by atoms with Crippen LogP contribution in [0.4, 0.5) is 0 Å². The van der Waals surface area contributed by atoms with Crippen molar-refractivity contribution in [1.29, 1.82) is 0 Å². The van der Waals surface area contributed by atoms with Gasteiger partial charge in [0.25, 0.3) is 0 Å². The first-order valence-electron chi connectivity index (χ1n) is 6.01. The van der Waals surface area contributed by atoms with E-state index in [1.165, 1.54) is 0 Å². The van der Waals surface area contributed by atoms with Gasteiger partial charge in [0.15, 0.2) is 0 Å². The maximum atomic E-state index is 9.36. The second-order valence-electron chi connectivity index (χ2n) is 4.21. The molecular weight excluding hydrogens is 236 g/mol. The molecule has 0 saturated heterocycles. The number of oxime groups is 1. The predicted octanol–water partition coefficient (Wildman–Crippen LogP) is 3.46. The Hall–Kier alpha value is -2.68. The van der Waals surface area contributed by atoms with Gasteiger partial charge in [0, 0.05) is 23.5 Å². The van der Waals surface area contributed by atoms with Crippen LogP contribution in [-0.4, -0.2) is 15.9 Å². The Morgan fingerprint density at radius 1 is 0.895 bits per heavy atom. The van der Waals surface area contributed by atoms with E-state index in [0.29, 0.717) is 5.71 Å². The molecule has 0 aliphatic rings. The van der Waals surface area contributed by atoms with Gasteiger partial charge in [0.05, 0.1) is 0 Å². The SMILES string of the molecule is ON=C(c1ccncc1)c1cccc2ccccc12. The molecule has 0 unspecified atom stereocenters. The van der Waals surface area contributed by atoms with Gasteiger partial charge in [0.2, 0.25) is 0 Å². The quantitative estimate of drug-likeness (QED) is 0.429. The fourth-order valence-electron chi connectivity index (χ4n) is 2.21. The van der Waals surface area contributed by atoms with Gasteiger partial charge in [0.1, 0.15) is 5.71 Å². The van der Waals surface area contributed by atoms with Crippen LogP contribution in [0, 0.1) is 0 Å². The minimum absolute atomic E-state index is 0.555. The Balaban J connectivity index is 2.24. The highest BCUT2D eigenvalue weighted by Crippen LogP contribution is 2.21. The van der Waals surface area contributed by atoms with Crippen molar-refractivity contribution in [3.63, 3.8) is 0 Å². The van der Waals surface area contributed by atoms with Gasteiger partial charge in [-0.1, -0.05) is 47.6 Å². The molecule has 0 fully saturated rings. The van der Waals surface area contributed by atoms with Crippen LogP contribution in [-0.2, 0) is 0 Å². The maximum absolute atomic E-state index is 9.36. The molecule has 3 aromatic rings. The lowest BCUT2D eigenvalue weighted by atomic mass is 9.97. The number of hydrogen-bond donors (Lipinski definition) is 1. The Labute approximate surface area is 110 Å². The lowest BCUT2D eigenvalue weighted by Crippen LogP contribution is -2.04. The van der Waals surface area contributed by atoms with Gasteiger partial charge in [-0.15, -0.1) is 0 Å². The molecule has 1 N–H and O–H groups in total. The fourth-order valence-corrected chi connectivity index (χ4v) is 2.21. The fraction of sp³-hybridized carbons (Fsp3) is 0. The van der Waals surface area contributed by atoms with E-state index in [0.717, 1.165) is 21.9 Å². The van der Waals surface area contributed by atoms with Crippen molar-refractivity contribution < 1.29 is 5.21 Å². The van der Waals surface area contributed by atoms with Crippen molar-refractivity contribution in [2.75, 3.05) is 0 Å². The smallest absolute Gasteiger partial charge is 0.117 e. The van der Waals surface area contributed by atoms with Gasteiger partial charge in [-0.2, -0.15) is 0 Å². The Bertz CT molecular complexity index is 731. The zero-order chi connectivity index (χ0) is 13.1. The highest BCUT2D eigenvalue weighted by atomic mass is 16.4. The van der Waals surface area contributed by atoms with E-state index < -0.39 is 0 Å². The van der Waals surface area contributed by atoms with E-state index >= 15 is 0 Å². The third kappa shape index (κ3) is 2.06. The van der Waals surface area contributed by atoms with Crippen molar-refractivity contribution in [1.82, 2.24) is 4.98 Å². The molecule has 19 heavy (non-hydrogen) atoms. The van der Waals surface area contributed by atoms with E-state index in [9.17, 15) is 5.21 Å². The molecule has 0 amide bonds. The third-order valence-corrected chi connectivity index (χ3v) is 3.10. The van der Waals surface area contributed by atoms with Gasteiger partial charge in [-0.05, 0) is 22.9 Å². The zero-order valence-electron chi connectivity index (χ0n) is 10.2. The minimum Gasteiger partial charge on any atom is -0.410 e. The van der Waals surface area contributed by atoms with Crippen LogP contribution in [0.1, 0.15) is 11.1 Å². The molecule has 3 heteroatoms. The van der Waals surface area contributed by atoms with Crippen LogP contribution in [0.3, 0.4) is 0 Å². The van der Waals surface area contributed by atoms with Gasteiger partial charge in [-0.3, -0.25) is 4.98 Å². The van der Waals surface area contributed by atoms with Crippen molar-refractivity contribution in [2.24, 2.45) is 5.16 Å². The van der Waals surface area contributed by atoms with Crippen LogP contribution in [0.25, 0.3) is 10.8 Å². The number of benzene rings is 2. The molecule has 0 aliphatic heterocycles. The highest BCUT2D eigenvalue weighted by Gasteiger charge is 2.10. The number of fused-ring (bicyclic) bond motifs is 1. The van der Waals surface area contributed by atoms with Gasteiger partial charge < -0.3 is 5.21 Å². The first-order chi connectivity index (χ1) is 9.40. The van der Waals surface area contributed by atoms with Crippen LogP contribution >= 0.6 is 0 Å². The van der Waals surface area contributed by atoms with Gasteiger partial charge >= 0.3 is 0 Å². The van der Waals surface area contributed by atoms with E-state index in [1.54, 1.807) is 12.4 Å². The summed E-state index contributed by atoms with van der Waals surface area (Å²) in [5.41, 5.74) is 2.31. The minimum atomic E-state index is 0.555. The topological polar surface area (TPSA) is 45.5 Å². The lowest BCUT2D eigenvalue weighted by molar-refractivity contribution is 0.319. The van der Waals surface area contributed by atoms with Gasteiger partial charge in [-0.25, -0.2) is 0 Å². The molecule has 0 bridgehead atoms. The molecule has 2 aromatic carbocycles. The molecule has 0 atom stereocenters. The van der Waals surface area contributed by atoms with E-state index in [4.69, 9.17) is 0 Å². The monoisotopic (exact) mass is 248 g/mol. The summed E-state index contributed by atoms with van der Waals surface area (Å²) >= 11 is 0. The van der Waals surface area contributed by atoms with Crippen LogP contribution in [0.2, 0.25) is 0 Å². The van der Waals surface area contributed by atoms with Crippen molar-refractivity contribution >= 4 is 16.5 Å². The van der Waals surface area contributed by atoms with Crippen LogP contribution in [0.5, 0.6) is 0 Å². The summed E-state index contributed by atoms with van der Waals surface area (Å²) in [6.45, 7) is 0. The first kappa shape index (κ1) is 11.4. The molecule has 1 heterocycles. The number of hydrogen-bond acceptors (Lipinski definition) is 3. The van der Waals surface area contributed by atoms with Crippen molar-refractivity contribution in [3.05, 3.63) is 78.1 Å². The van der Waals surface area contributed by atoms with E-state index in [2.05, 4.69) is 10.1 Å². The largest absolute Gasteiger partial charge is 0.410 e. The summed E-state index contributed by atoms with van der Waals surface area (Å²) in [4.78, 5) is 3.98. The lowest BCUT2D eigenvalue weighted by Gasteiger charge is -2.08. The third-order valence-electron chi connectivity index (χ3n) is 3.10. The molecule has 92 valence electrons. The average molecular weight is 248 g/mol. The maximum Gasteiger partial charge on any atom is 0.117 e. The molecule has 1 aromatic heterocycles. The normalized spacial score (nSPS) is 11.7. The summed E-state index contributed by atoms with van der Waals surface area (Å²) in [6.07, 6.45) is 3.37. The van der Waals surface area contributed by atoms with Crippen LogP contribution < -0.4 is 0 Å².